The third-order valence-corrected chi connectivity index (χ3v) is 4.43. The summed E-state index contributed by atoms with van der Waals surface area (Å²) < 4.78 is 4.24. The number of aromatic nitrogens is 4. The predicted molar refractivity (Wildman–Crippen MR) is 95.8 cm³/mol. The van der Waals surface area contributed by atoms with Crippen LogP contribution < -0.4 is 16.1 Å². The lowest BCUT2D eigenvalue weighted by Gasteiger charge is -2.20. The normalized spacial score (nSPS) is 11.2. The average molecular weight is 343 g/mol. The summed E-state index contributed by atoms with van der Waals surface area (Å²) in [5, 5.41) is 9.25. The van der Waals surface area contributed by atoms with Crippen LogP contribution in [0.1, 0.15) is 5.56 Å². The highest BCUT2D eigenvalue weighted by atomic mass is 16.3. The van der Waals surface area contributed by atoms with E-state index in [4.69, 9.17) is 0 Å². The molecule has 0 aliphatic carbocycles. The summed E-state index contributed by atoms with van der Waals surface area (Å²) in [4.78, 5) is 30.7. The second-order valence-corrected chi connectivity index (χ2v) is 6.07. The molecule has 132 valence electrons. The Morgan fingerprint density at radius 3 is 2.68 bits per heavy atom. The van der Waals surface area contributed by atoms with E-state index in [2.05, 4.69) is 4.98 Å². The molecule has 8 nitrogen and oxygen atoms in total. The maximum atomic E-state index is 12.4. The summed E-state index contributed by atoms with van der Waals surface area (Å²) >= 11 is 0. The minimum absolute atomic E-state index is 0.00207. The largest absolute Gasteiger partial charge is 0.392 e. The van der Waals surface area contributed by atoms with Gasteiger partial charge in [-0.1, -0.05) is 12.1 Å². The molecule has 1 N–H and O–H groups in total. The van der Waals surface area contributed by atoms with Gasteiger partial charge in [0.15, 0.2) is 11.2 Å². The summed E-state index contributed by atoms with van der Waals surface area (Å²) in [6.45, 7) is 1.19. The van der Waals surface area contributed by atoms with Crippen molar-refractivity contribution in [3.63, 3.8) is 0 Å². The van der Waals surface area contributed by atoms with Gasteiger partial charge < -0.3 is 14.6 Å². The molecule has 2 heterocycles. The minimum atomic E-state index is -0.388. The molecule has 2 aromatic heterocycles. The number of rotatable bonds is 5. The van der Waals surface area contributed by atoms with E-state index in [1.165, 1.54) is 11.6 Å². The number of fused-ring (bicyclic) bond motifs is 1. The lowest BCUT2D eigenvalue weighted by molar-refractivity contribution is 0.282. The van der Waals surface area contributed by atoms with Gasteiger partial charge in [-0.05, 0) is 17.7 Å². The van der Waals surface area contributed by atoms with Crippen LogP contribution in [0.3, 0.4) is 0 Å². The van der Waals surface area contributed by atoms with Crippen molar-refractivity contribution < 1.29 is 5.11 Å². The number of hydrogen-bond donors (Lipinski definition) is 1. The zero-order chi connectivity index (χ0) is 18.1. The third-order valence-electron chi connectivity index (χ3n) is 4.43. The van der Waals surface area contributed by atoms with Crippen LogP contribution in [0.4, 0.5) is 5.69 Å². The molecule has 0 atom stereocenters. The third kappa shape index (κ3) is 2.96. The standard InChI is InChI=1S/C17H21N5O3/c1-19(13-6-4-5-12(9-13)10-23)7-8-22-11-18-15-14(22)16(24)21(3)17(25)20(15)2/h4-6,9,11,23H,7-8,10H2,1-3H3. The fourth-order valence-electron chi connectivity index (χ4n) is 2.85. The molecule has 8 heteroatoms. The van der Waals surface area contributed by atoms with Crippen molar-refractivity contribution in [3.8, 4) is 0 Å². The van der Waals surface area contributed by atoms with Gasteiger partial charge in [0.1, 0.15) is 0 Å². The molecule has 0 unspecified atom stereocenters. The van der Waals surface area contributed by atoms with E-state index in [1.807, 2.05) is 36.2 Å². The van der Waals surface area contributed by atoms with Crippen LogP contribution >= 0.6 is 0 Å². The van der Waals surface area contributed by atoms with Crippen molar-refractivity contribution >= 4 is 16.9 Å². The van der Waals surface area contributed by atoms with Crippen LogP contribution in [0, 0.1) is 0 Å². The number of nitrogens with zero attached hydrogens (tertiary/aromatic N) is 5. The van der Waals surface area contributed by atoms with Gasteiger partial charge in [-0.15, -0.1) is 0 Å². The quantitative estimate of drug-likeness (QED) is 0.708. The van der Waals surface area contributed by atoms with Crippen molar-refractivity contribution in [2.45, 2.75) is 13.2 Å². The van der Waals surface area contributed by atoms with Crippen LogP contribution in [0.5, 0.6) is 0 Å². The number of aliphatic hydroxyl groups excluding tert-OH is 1. The van der Waals surface area contributed by atoms with Gasteiger partial charge in [0.2, 0.25) is 0 Å². The van der Waals surface area contributed by atoms with Crippen LogP contribution in [0.25, 0.3) is 11.2 Å². The minimum Gasteiger partial charge on any atom is -0.392 e. The lowest BCUT2D eigenvalue weighted by atomic mass is 10.2. The Kier molecular flexibility index (Phi) is 4.45. The van der Waals surface area contributed by atoms with Gasteiger partial charge in [-0.25, -0.2) is 9.78 Å². The monoisotopic (exact) mass is 343 g/mol. The summed E-state index contributed by atoms with van der Waals surface area (Å²) in [5.74, 6) is 0. The fourth-order valence-corrected chi connectivity index (χ4v) is 2.85. The number of hydrogen-bond acceptors (Lipinski definition) is 5. The van der Waals surface area contributed by atoms with E-state index >= 15 is 0 Å². The van der Waals surface area contributed by atoms with Gasteiger partial charge in [-0.2, -0.15) is 0 Å². The molecule has 0 amide bonds. The first-order valence-electron chi connectivity index (χ1n) is 7.96. The Labute approximate surface area is 144 Å². The Morgan fingerprint density at radius 2 is 1.96 bits per heavy atom. The summed E-state index contributed by atoms with van der Waals surface area (Å²) in [6, 6.07) is 7.66. The lowest BCUT2D eigenvalue weighted by Crippen LogP contribution is -2.37. The van der Waals surface area contributed by atoms with Crippen molar-refractivity contribution in [1.29, 1.82) is 0 Å². The zero-order valence-electron chi connectivity index (χ0n) is 14.5. The van der Waals surface area contributed by atoms with E-state index in [0.717, 1.165) is 15.8 Å². The van der Waals surface area contributed by atoms with Crippen molar-refractivity contribution in [3.05, 3.63) is 57.0 Å². The number of aryl methyl sites for hydroxylation is 1. The van der Waals surface area contributed by atoms with Crippen LogP contribution in [-0.4, -0.2) is 37.4 Å². The highest BCUT2D eigenvalue weighted by Gasteiger charge is 2.14. The molecule has 0 spiro atoms. The van der Waals surface area contributed by atoms with E-state index in [-0.39, 0.29) is 17.9 Å². The molecular formula is C17H21N5O3. The molecule has 0 fully saturated rings. The molecule has 25 heavy (non-hydrogen) atoms. The maximum Gasteiger partial charge on any atom is 0.332 e. The molecule has 3 aromatic rings. The van der Waals surface area contributed by atoms with Crippen LogP contribution in [0.2, 0.25) is 0 Å². The highest BCUT2D eigenvalue weighted by Crippen LogP contribution is 2.15. The Morgan fingerprint density at radius 1 is 1.20 bits per heavy atom. The van der Waals surface area contributed by atoms with Crippen molar-refractivity contribution in [1.82, 2.24) is 18.7 Å². The van der Waals surface area contributed by atoms with Crippen molar-refractivity contribution in [2.24, 2.45) is 14.1 Å². The first-order chi connectivity index (χ1) is 11.9. The number of aliphatic hydroxyl groups is 1. The maximum absolute atomic E-state index is 12.4. The van der Waals surface area contributed by atoms with E-state index in [1.54, 1.807) is 17.9 Å². The molecule has 0 saturated heterocycles. The number of anilines is 1. The second-order valence-electron chi connectivity index (χ2n) is 6.07. The number of benzene rings is 1. The van der Waals surface area contributed by atoms with Crippen LogP contribution in [0.15, 0.2) is 40.2 Å². The molecular weight excluding hydrogens is 322 g/mol. The fraction of sp³-hybridized carbons (Fsp3) is 0.353. The Hall–Kier alpha value is -2.87. The van der Waals surface area contributed by atoms with Crippen molar-refractivity contribution in [2.75, 3.05) is 18.5 Å². The van der Waals surface area contributed by atoms with Gasteiger partial charge in [-0.3, -0.25) is 13.9 Å². The van der Waals surface area contributed by atoms with Gasteiger partial charge in [0, 0.05) is 39.9 Å². The molecule has 0 bridgehead atoms. The second kappa shape index (κ2) is 6.56. The Balaban J connectivity index is 1.89. The number of imidazole rings is 1. The van der Waals surface area contributed by atoms with Gasteiger partial charge in [0.25, 0.3) is 5.56 Å². The predicted octanol–water partition coefficient (Wildman–Crippen LogP) is 0.0624. The SMILES string of the molecule is CN(CCn1cnc2c1c(=O)n(C)c(=O)n2C)c1cccc(CO)c1. The molecule has 0 aliphatic heterocycles. The summed E-state index contributed by atoms with van der Waals surface area (Å²) in [6.07, 6.45) is 1.59. The zero-order valence-corrected chi connectivity index (χ0v) is 14.5. The molecule has 0 aliphatic rings. The van der Waals surface area contributed by atoms with Crippen LogP contribution in [-0.2, 0) is 27.2 Å². The Bertz CT molecular complexity index is 1030. The molecule has 0 saturated carbocycles. The first kappa shape index (κ1) is 17.0. The molecule has 1 aromatic carbocycles. The summed E-state index contributed by atoms with van der Waals surface area (Å²) in [5.41, 5.74) is 1.90. The first-order valence-corrected chi connectivity index (χ1v) is 7.96. The molecule has 0 radical (unpaired) electrons. The number of likely N-dealkylation sites (N-methyl/N-ethyl adjacent to an activating group) is 1. The van der Waals surface area contributed by atoms with E-state index in [9.17, 15) is 14.7 Å². The average Bonchev–Trinajstić information content (AvgIpc) is 3.06. The van der Waals surface area contributed by atoms with E-state index in [0.29, 0.717) is 24.3 Å². The smallest absolute Gasteiger partial charge is 0.332 e. The summed E-state index contributed by atoms with van der Waals surface area (Å²) in [7, 11) is 5.02. The highest BCUT2D eigenvalue weighted by molar-refractivity contribution is 5.69. The van der Waals surface area contributed by atoms with Gasteiger partial charge >= 0.3 is 5.69 Å². The topological polar surface area (TPSA) is 85.3 Å². The van der Waals surface area contributed by atoms with E-state index < -0.39 is 0 Å². The van der Waals surface area contributed by atoms with Gasteiger partial charge in [0.05, 0.1) is 12.9 Å². The molecule has 3 rings (SSSR count).